The minimum Gasteiger partial charge on any atom is -0.444 e. The van der Waals surface area contributed by atoms with Crippen LogP contribution in [0.4, 0.5) is 21.9 Å². The van der Waals surface area contributed by atoms with Gasteiger partial charge in [-0.1, -0.05) is 29.3 Å². The Morgan fingerprint density at radius 1 is 1.21 bits per heavy atom. The molecule has 0 aliphatic carbocycles. The summed E-state index contributed by atoms with van der Waals surface area (Å²) in [6, 6.07) is 9.81. The predicted octanol–water partition coefficient (Wildman–Crippen LogP) is 6.52. The minimum absolute atomic E-state index is 0.0267. The summed E-state index contributed by atoms with van der Waals surface area (Å²) in [5.41, 5.74) is 1.42. The lowest BCUT2D eigenvalue weighted by Gasteiger charge is -2.41. The van der Waals surface area contributed by atoms with E-state index in [2.05, 4.69) is 10.2 Å². The van der Waals surface area contributed by atoms with Gasteiger partial charge in [-0.05, 0) is 64.4 Å². The molecule has 0 spiro atoms. The first-order valence-corrected chi connectivity index (χ1v) is 11.9. The number of benzene rings is 2. The fraction of sp³-hybridized carbons (Fsp3) is 0.458. The Kier molecular flexibility index (Phi) is 7.83. The molecule has 1 aliphatic rings. The fourth-order valence-corrected chi connectivity index (χ4v) is 4.52. The third-order valence-corrected chi connectivity index (χ3v) is 6.16. The van der Waals surface area contributed by atoms with Gasteiger partial charge in [0.05, 0.1) is 11.0 Å². The van der Waals surface area contributed by atoms with Crippen molar-refractivity contribution in [2.45, 2.75) is 52.3 Å². The van der Waals surface area contributed by atoms with Gasteiger partial charge in [-0.2, -0.15) is 0 Å². The summed E-state index contributed by atoms with van der Waals surface area (Å²) < 4.78 is 5.52. The number of nitro groups is 1. The Labute approximate surface area is 209 Å². The van der Waals surface area contributed by atoms with Crippen molar-refractivity contribution in [3.8, 4) is 0 Å². The zero-order valence-electron chi connectivity index (χ0n) is 20.0. The van der Waals surface area contributed by atoms with Crippen LogP contribution in [0.2, 0.25) is 10.0 Å². The average Bonchev–Trinajstić information content (AvgIpc) is 2.71. The van der Waals surface area contributed by atoms with Crippen molar-refractivity contribution < 1.29 is 14.5 Å². The maximum Gasteiger partial charge on any atom is 0.410 e. The molecule has 2 aromatic rings. The summed E-state index contributed by atoms with van der Waals surface area (Å²) in [4.78, 5) is 27.6. The number of hydrogen-bond donors (Lipinski definition) is 1. The number of carbonyl (C=O) groups is 1. The Balaban J connectivity index is 1.80. The van der Waals surface area contributed by atoms with Crippen LogP contribution in [0.25, 0.3) is 0 Å². The molecular formula is C24H30Cl2N4O4. The van der Waals surface area contributed by atoms with Gasteiger partial charge in [0.15, 0.2) is 0 Å². The molecule has 34 heavy (non-hydrogen) atoms. The van der Waals surface area contributed by atoms with Crippen LogP contribution in [0.15, 0.2) is 36.4 Å². The molecule has 3 rings (SSSR count). The van der Waals surface area contributed by atoms with Crippen molar-refractivity contribution in [2.75, 3.05) is 29.9 Å². The van der Waals surface area contributed by atoms with Gasteiger partial charge in [0.2, 0.25) is 0 Å². The molecule has 0 aromatic heterocycles. The van der Waals surface area contributed by atoms with Crippen LogP contribution >= 0.6 is 23.2 Å². The van der Waals surface area contributed by atoms with E-state index >= 15 is 0 Å². The smallest absolute Gasteiger partial charge is 0.410 e. The molecule has 0 radical (unpaired) electrons. The molecule has 1 heterocycles. The number of carbonyl (C=O) groups excluding carboxylic acids is 1. The summed E-state index contributed by atoms with van der Waals surface area (Å²) in [6.45, 7) is 11.0. The highest BCUT2D eigenvalue weighted by molar-refractivity contribution is 6.35. The number of anilines is 2. The number of hydrogen-bond acceptors (Lipinski definition) is 6. The molecule has 0 saturated carbocycles. The van der Waals surface area contributed by atoms with E-state index in [4.69, 9.17) is 27.9 Å². The summed E-state index contributed by atoms with van der Waals surface area (Å²) in [5.74, 6) is 0. The van der Waals surface area contributed by atoms with Gasteiger partial charge >= 0.3 is 6.09 Å². The standard InChI is InChI=1S/C24H30Cl2N4O4/c1-15-14-28(10-11-29(15)23(31)34-24(3,4)5)18-7-9-22(30(32)33)21(13-18)27-16(2)19-8-6-17(25)12-20(19)26/h6-9,12-13,15-16,27H,10-11,14H2,1-5H3/t15-,16-/m1/s1. The van der Waals surface area contributed by atoms with Crippen molar-refractivity contribution in [1.29, 1.82) is 0 Å². The van der Waals surface area contributed by atoms with E-state index in [9.17, 15) is 14.9 Å². The third-order valence-electron chi connectivity index (χ3n) is 5.60. The third kappa shape index (κ3) is 6.24. The van der Waals surface area contributed by atoms with Crippen molar-refractivity contribution in [3.63, 3.8) is 0 Å². The van der Waals surface area contributed by atoms with Crippen LogP contribution in [0.3, 0.4) is 0 Å². The number of amides is 1. The summed E-state index contributed by atoms with van der Waals surface area (Å²) in [6.07, 6.45) is -0.334. The van der Waals surface area contributed by atoms with Gasteiger partial charge in [0.1, 0.15) is 11.3 Å². The Morgan fingerprint density at radius 2 is 1.91 bits per heavy atom. The molecule has 184 valence electrons. The molecule has 8 nitrogen and oxygen atoms in total. The molecule has 1 saturated heterocycles. The van der Waals surface area contributed by atoms with Gasteiger partial charge < -0.3 is 19.9 Å². The van der Waals surface area contributed by atoms with Crippen molar-refractivity contribution in [1.82, 2.24) is 4.90 Å². The molecule has 2 aromatic carbocycles. The van der Waals surface area contributed by atoms with Crippen LogP contribution in [0.1, 0.15) is 46.2 Å². The minimum atomic E-state index is -0.559. The van der Waals surface area contributed by atoms with Crippen LogP contribution < -0.4 is 10.2 Å². The Bertz CT molecular complexity index is 1070. The number of piperazine rings is 1. The van der Waals surface area contributed by atoms with Gasteiger partial charge in [0.25, 0.3) is 5.69 Å². The van der Waals surface area contributed by atoms with Crippen LogP contribution in [0.5, 0.6) is 0 Å². The number of rotatable bonds is 5. The highest BCUT2D eigenvalue weighted by Gasteiger charge is 2.31. The lowest BCUT2D eigenvalue weighted by Crippen LogP contribution is -2.55. The van der Waals surface area contributed by atoms with Gasteiger partial charge in [-0.3, -0.25) is 10.1 Å². The number of ether oxygens (including phenoxy) is 1. The summed E-state index contributed by atoms with van der Waals surface area (Å²) >= 11 is 12.3. The van der Waals surface area contributed by atoms with Crippen LogP contribution in [-0.4, -0.2) is 47.2 Å². The monoisotopic (exact) mass is 508 g/mol. The average molecular weight is 509 g/mol. The van der Waals surface area contributed by atoms with Crippen molar-refractivity contribution in [3.05, 3.63) is 62.1 Å². The number of nitro benzene ring substituents is 1. The first-order chi connectivity index (χ1) is 15.9. The highest BCUT2D eigenvalue weighted by atomic mass is 35.5. The van der Waals surface area contributed by atoms with E-state index in [0.717, 1.165) is 11.3 Å². The van der Waals surface area contributed by atoms with E-state index < -0.39 is 10.5 Å². The largest absolute Gasteiger partial charge is 0.444 e. The molecule has 10 heteroatoms. The number of halogens is 2. The second-order valence-corrected chi connectivity index (χ2v) is 10.3. The van der Waals surface area contributed by atoms with E-state index in [1.54, 1.807) is 35.2 Å². The second kappa shape index (κ2) is 10.3. The van der Waals surface area contributed by atoms with E-state index in [1.807, 2.05) is 34.6 Å². The number of nitrogens with zero attached hydrogens (tertiary/aromatic N) is 3. The van der Waals surface area contributed by atoms with Crippen molar-refractivity contribution >= 4 is 46.4 Å². The lowest BCUT2D eigenvalue weighted by atomic mass is 10.1. The number of nitrogens with one attached hydrogen (secondary N) is 1. The molecule has 2 atom stereocenters. The maximum absolute atomic E-state index is 12.5. The zero-order valence-corrected chi connectivity index (χ0v) is 21.5. The topological polar surface area (TPSA) is 88.0 Å². The molecule has 0 unspecified atom stereocenters. The van der Waals surface area contributed by atoms with Crippen LogP contribution in [-0.2, 0) is 4.74 Å². The van der Waals surface area contributed by atoms with Gasteiger partial charge in [-0.15, -0.1) is 0 Å². The Morgan fingerprint density at radius 3 is 2.50 bits per heavy atom. The van der Waals surface area contributed by atoms with Crippen molar-refractivity contribution in [2.24, 2.45) is 0 Å². The summed E-state index contributed by atoms with van der Waals surface area (Å²) in [5, 5.41) is 15.9. The maximum atomic E-state index is 12.5. The predicted molar refractivity (Wildman–Crippen MR) is 136 cm³/mol. The normalized spacial score (nSPS) is 17.3. The van der Waals surface area contributed by atoms with E-state index in [0.29, 0.717) is 35.4 Å². The van der Waals surface area contributed by atoms with Gasteiger partial charge in [0, 0.05) is 47.5 Å². The van der Waals surface area contributed by atoms with Crippen LogP contribution in [0, 0.1) is 10.1 Å². The lowest BCUT2D eigenvalue weighted by molar-refractivity contribution is -0.384. The van der Waals surface area contributed by atoms with E-state index in [1.165, 1.54) is 6.07 Å². The van der Waals surface area contributed by atoms with E-state index in [-0.39, 0.29) is 23.9 Å². The molecule has 1 amide bonds. The molecule has 1 N–H and O–H groups in total. The molecular weight excluding hydrogens is 479 g/mol. The molecule has 1 fully saturated rings. The van der Waals surface area contributed by atoms with Gasteiger partial charge in [-0.25, -0.2) is 4.79 Å². The SMILES string of the molecule is C[C@@H]1CN(c2ccc([N+](=O)[O-])c(N[C@H](C)c3ccc(Cl)cc3Cl)c2)CCN1C(=O)OC(C)(C)C. The molecule has 1 aliphatic heterocycles. The zero-order chi connectivity index (χ0) is 25.2. The first kappa shape index (κ1) is 25.9. The first-order valence-electron chi connectivity index (χ1n) is 11.1. The quantitative estimate of drug-likeness (QED) is 0.365. The highest BCUT2D eigenvalue weighted by Crippen LogP contribution is 2.35. The summed E-state index contributed by atoms with van der Waals surface area (Å²) in [7, 11) is 0. The fourth-order valence-electron chi connectivity index (χ4n) is 3.94. The molecule has 0 bridgehead atoms. The Hall–Kier alpha value is -2.71. The second-order valence-electron chi connectivity index (χ2n) is 9.46.